The Kier molecular flexibility index (Phi) is 8.02. The van der Waals surface area contributed by atoms with E-state index in [9.17, 15) is 4.79 Å². The van der Waals surface area contributed by atoms with Gasteiger partial charge < -0.3 is 18.8 Å². The van der Waals surface area contributed by atoms with Gasteiger partial charge in [0.15, 0.2) is 0 Å². The summed E-state index contributed by atoms with van der Waals surface area (Å²) in [5, 5.41) is 8.20. The fourth-order valence-electron chi connectivity index (χ4n) is 6.34. The molecule has 0 fully saturated rings. The molecule has 0 saturated heterocycles. The molecule has 0 N–H and O–H groups in total. The Morgan fingerprint density at radius 1 is 1.00 bits per heavy atom. The van der Waals surface area contributed by atoms with E-state index in [1.54, 1.807) is 0 Å². The zero-order valence-corrected chi connectivity index (χ0v) is 25.0. The first-order chi connectivity index (χ1) is 20.5. The first-order valence-electron chi connectivity index (χ1n) is 15.0. The standard InChI is InChI=1S/C35H39N3O4/c1-5-41-35(39)34-27(15-11-21-42-30-16-10-13-25-12-6-7-14-26(25)30)28-18-17-23(2)31-32-24(3)37(4)36-29(32)22-40-20-9-8-19-38(34)33(28)31/h6-7,10,12-14,16-18H,5,8-9,11,15,19-22H2,1-4H3. The Labute approximate surface area is 247 Å². The molecule has 6 rings (SSSR count). The molecule has 3 aromatic carbocycles. The minimum Gasteiger partial charge on any atom is -0.493 e. The van der Waals surface area contributed by atoms with Gasteiger partial charge in [0.25, 0.3) is 0 Å². The van der Waals surface area contributed by atoms with E-state index in [-0.39, 0.29) is 5.97 Å². The number of benzene rings is 3. The van der Waals surface area contributed by atoms with Crippen LogP contribution in [-0.2, 0) is 36.1 Å². The fraction of sp³-hybridized carbons (Fsp3) is 0.371. The Bertz CT molecular complexity index is 1760. The Balaban J connectivity index is 1.45. The number of hydrogen-bond donors (Lipinski definition) is 0. The SMILES string of the molecule is CCOC(=O)c1c(CCCOc2cccc3ccccc23)c2ccc(C)c3c2n1CCCCOCc1nn(C)c(C)c1-3. The number of ether oxygens (including phenoxy) is 3. The molecule has 0 atom stereocenters. The van der Waals surface area contributed by atoms with Gasteiger partial charge in [-0.2, -0.15) is 5.10 Å². The van der Waals surface area contributed by atoms with Crippen LogP contribution < -0.4 is 4.74 Å². The number of aromatic nitrogens is 3. The van der Waals surface area contributed by atoms with Crippen LogP contribution in [0.15, 0.2) is 54.6 Å². The molecular weight excluding hydrogens is 526 g/mol. The number of aryl methyl sites for hydroxylation is 4. The third-order valence-electron chi connectivity index (χ3n) is 8.40. The molecule has 7 heteroatoms. The average molecular weight is 566 g/mol. The lowest BCUT2D eigenvalue weighted by Gasteiger charge is -2.15. The molecule has 2 aromatic heterocycles. The minimum absolute atomic E-state index is 0.267. The van der Waals surface area contributed by atoms with Gasteiger partial charge in [-0.15, -0.1) is 0 Å². The summed E-state index contributed by atoms with van der Waals surface area (Å²) in [5.41, 5.74) is 8.17. The quantitative estimate of drug-likeness (QED) is 0.153. The van der Waals surface area contributed by atoms with Crippen molar-refractivity contribution in [1.29, 1.82) is 0 Å². The number of carbonyl (C=O) groups excluding carboxylic acids is 1. The van der Waals surface area contributed by atoms with Crippen LogP contribution in [0.5, 0.6) is 5.75 Å². The predicted molar refractivity (Wildman–Crippen MR) is 166 cm³/mol. The van der Waals surface area contributed by atoms with E-state index in [2.05, 4.69) is 48.7 Å². The monoisotopic (exact) mass is 565 g/mol. The van der Waals surface area contributed by atoms with Crippen molar-refractivity contribution in [3.8, 4) is 16.9 Å². The summed E-state index contributed by atoms with van der Waals surface area (Å²) in [7, 11) is 1.98. The number of hydrogen-bond acceptors (Lipinski definition) is 5. The summed E-state index contributed by atoms with van der Waals surface area (Å²) < 4.78 is 22.2. The molecule has 0 unspecified atom stereocenters. The number of carbonyl (C=O) groups is 1. The second kappa shape index (κ2) is 12.0. The van der Waals surface area contributed by atoms with Crippen LogP contribution in [0.2, 0.25) is 0 Å². The second-order valence-electron chi connectivity index (χ2n) is 11.1. The zero-order chi connectivity index (χ0) is 29.2. The highest BCUT2D eigenvalue weighted by molar-refractivity contribution is 6.05. The molecule has 1 aliphatic rings. The molecule has 7 nitrogen and oxygen atoms in total. The summed E-state index contributed by atoms with van der Waals surface area (Å²) in [6.45, 7) is 8.83. The Morgan fingerprint density at radius 3 is 2.69 bits per heavy atom. The van der Waals surface area contributed by atoms with Crippen molar-refractivity contribution < 1.29 is 19.0 Å². The number of rotatable bonds is 7. The molecule has 0 bridgehead atoms. The second-order valence-corrected chi connectivity index (χ2v) is 11.1. The van der Waals surface area contributed by atoms with Gasteiger partial charge >= 0.3 is 5.97 Å². The van der Waals surface area contributed by atoms with Crippen LogP contribution >= 0.6 is 0 Å². The van der Waals surface area contributed by atoms with Crippen molar-refractivity contribution >= 4 is 27.6 Å². The van der Waals surface area contributed by atoms with Crippen LogP contribution in [0.25, 0.3) is 32.8 Å². The van der Waals surface area contributed by atoms with Crippen LogP contribution in [0.3, 0.4) is 0 Å². The van der Waals surface area contributed by atoms with Crippen LogP contribution in [0.1, 0.15) is 59.2 Å². The molecule has 0 aliphatic carbocycles. The van der Waals surface area contributed by atoms with Crippen LogP contribution in [-0.4, -0.2) is 40.1 Å². The van der Waals surface area contributed by atoms with E-state index in [0.29, 0.717) is 45.1 Å². The van der Waals surface area contributed by atoms with Crippen molar-refractivity contribution in [2.24, 2.45) is 7.05 Å². The summed E-state index contributed by atoms with van der Waals surface area (Å²) in [4.78, 5) is 13.7. The van der Waals surface area contributed by atoms with Crippen LogP contribution in [0, 0.1) is 13.8 Å². The maximum absolute atomic E-state index is 13.7. The Morgan fingerprint density at radius 2 is 1.83 bits per heavy atom. The molecule has 1 aliphatic heterocycles. The van der Waals surface area contributed by atoms with Crippen molar-refractivity contribution in [3.05, 3.63) is 82.8 Å². The zero-order valence-electron chi connectivity index (χ0n) is 25.0. The minimum atomic E-state index is -0.267. The summed E-state index contributed by atoms with van der Waals surface area (Å²) in [5.74, 6) is 0.617. The third-order valence-corrected chi connectivity index (χ3v) is 8.40. The smallest absolute Gasteiger partial charge is 0.355 e. The largest absolute Gasteiger partial charge is 0.493 e. The molecule has 218 valence electrons. The number of fused-ring (bicyclic) bond motifs is 3. The molecule has 0 radical (unpaired) electrons. The normalized spacial score (nSPS) is 13.6. The lowest BCUT2D eigenvalue weighted by Crippen LogP contribution is -2.15. The van der Waals surface area contributed by atoms with Gasteiger partial charge in [-0.05, 0) is 69.0 Å². The van der Waals surface area contributed by atoms with Crippen molar-refractivity contribution in [2.75, 3.05) is 19.8 Å². The maximum Gasteiger partial charge on any atom is 0.355 e. The van der Waals surface area contributed by atoms with E-state index < -0.39 is 0 Å². The summed E-state index contributed by atoms with van der Waals surface area (Å²) in [6, 6.07) is 18.8. The Hall–Kier alpha value is -4.10. The van der Waals surface area contributed by atoms with E-state index in [4.69, 9.17) is 19.3 Å². The molecule has 3 heterocycles. The number of esters is 1. The predicted octanol–water partition coefficient (Wildman–Crippen LogP) is 7.31. The van der Waals surface area contributed by atoms with Crippen molar-refractivity contribution in [2.45, 2.75) is 59.6 Å². The van der Waals surface area contributed by atoms with Gasteiger partial charge in [0.1, 0.15) is 11.4 Å². The first kappa shape index (κ1) is 28.0. The molecule has 42 heavy (non-hydrogen) atoms. The maximum atomic E-state index is 13.7. The van der Waals surface area contributed by atoms with Gasteiger partial charge in [-0.1, -0.05) is 48.5 Å². The van der Waals surface area contributed by atoms with Gasteiger partial charge in [0, 0.05) is 47.8 Å². The molecule has 0 spiro atoms. The summed E-state index contributed by atoms with van der Waals surface area (Å²) >= 11 is 0. The van der Waals surface area contributed by atoms with Crippen molar-refractivity contribution in [1.82, 2.24) is 14.3 Å². The number of nitrogens with zero attached hydrogens (tertiary/aromatic N) is 3. The molecule has 0 amide bonds. The fourth-order valence-corrected chi connectivity index (χ4v) is 6.34. The van der Waals surface area contributed by atoms with Crippen molar-refractivity contribution in [3.63, 3.8) is 0 Å². The molecular formula is C35H39N3O4. The lowest BCUT2D eigenvalue weighted by molar-refractivity contribution is 0.0512. The summed E-state index contributed by atoms with van der Waals surface area (Å²) in [6.07, 6.45) is 3.27. The topological polar surface area (TPSA) is 67.5 Å². The highest BCUT2D eigenvalue weighted by atomic mass is 16.5. The lowest BCUT2D eigenvalue weighted by atomic mass is 9.94. The molecule has 5 aromatic rings. The third kappa shape index (κ3) is 5.07. The highest BCUT2D eigenvalue weighted by Gasteiger charge is 2.29. The van der Waals surface area contributed by atoms with Gasteiger partial charge in [0.2, 0.25) is 0 Å². The van der Waals surface area contributed by atoms with E-state index in [1.165, 1.54) is 0 Å². The van der Waals surface area contributed by atoms with Gasteiger partial charge in [0.05, 0.1) is 31.0 Å². The van der Waals surface area contributed by atoms with E-state index >= 15 is 0 Å². The van der Waals surface area contributed by atoms with E-state index in [1.807, 2.05) is 42.9 Å². The highest BCUT2D eigenvalue weighted by Crippen LogP contribution is 2.41. The van der Waals surface area contributed by atoms with Gasteiger partial charge in [-0.3, -0.25) is 4.68 Å². The first-order valence-corrected chi connectivity index (χ1v) is 15.0. The van der Waals surface area contributed by atoms with Crippen LogP contribution in [0.4, 0.5) is 0 Å². The van der Waals surface area contributed by atoms with Gasteiger partial charge in [-0.25, -0.2) is 4.79 Å². The average Bonchev–Trinajstić information content (AvgIpc) is 3.44. The molecule has 0 saturated carbocycles. The van der Waals surface area contributed by atoms with E-state index in [0.717, 1.165) is 80.3 Å².